The van der Waals surface area contributed by atoms with E-state index in [1.165, 1.54) is 13.0 Å². The maximum Gasteiger partial charge on any atom is 0.310 e. The molecule has 150 valence electrons. The molecule has 0 aliphatic carbocycles. The lowest BCUT2D eigenvalue weighted by Crippen LogP contribution is -2.09. The number of unbranched alkanes of at least 4 members (excludes halogenated alkanes) is 3. The van der Waals surface area contributed by atoms with Gasteiger partial charge < -0.3 is 9.84 Å². The van der Waals surface area contributed by atoms with Crippen LogP contribution in [0, 0.1) is 5.82 Å². The van der Waals surface area contributed by atoms with E-state index in [9.17, 15) is 14.0 Å². The first-order chi connectivity index (χ1) is 13.4. The van der Waals surface area contributed by atoms with E-state index in [4.69, 9.17) is 9.84 Å². The van der Waals surface area contributed by atoms with Crippen LogP contribution in [0.5, 0.6) is 0 Å². The summed E-state index contributed by atoms with van der Waals surface area (Å²) in [5, 5.41) is 9.07. The zero-order valence-electron chi connectivity index (χ0n) is 16.4. The van der Waals surface area contributed by atoms with Crippen molar-refractivity contribution in [3.63, 3.8) is 0 Å². The van der Waals surface area contributed by atoms with Crippen LogP contribution in [0.15, 0.2) is 42.5 Å². The summed E-state index contributed by atoms with van der Waals surface area (Å²) in [5.41, 5.74) is 2.17. The number of rotatable bonds is 10. The molecule has 0 saturated carbocycles. The predicted molar refractivity (Wildman–Crippen MR) is 107 cm³/mol. The smallest absolute Gasteiger partial charge is 0.310 e. The molecule has 1 N–H and O–H groups in total. The van der Waals surface area contributed by atoms with Crippen LogP contribution in [-0.2, 0) is 20.7 Å². The Morgan fingerprint density at radius 3 is 2.57 bits per heavy atom. The number of hydrogen-bond acceptors (Lipinski definition) is 3. The third-order valence-electron chi connectivity index (χ3n) is 4.71. The van der Waals surface area contributed by atoms with Gasteiger partial charge in [-0.2, -0.15) is 0 Å². The maximum absolute atomic E-state index is 14.5. The van der Waals surface area contributed by atoms with Crippen molar-refractivity contribution in [2.45, 2.75) is 51.9 Å². The lowest BCUT2D eigenvalue weighted by atomic mass is 9.96. The van der Waals surface area contributed by atoms with Crippen LogP contribution in [0.25, 0.3) is 11.1 Å². The van der Waals surface area contributed by atoms with Crippen molar-refractivity contribution in [3.05, 3.63) is 59.4 Å². The maximum atomic E-state index is 14.5. The number of carboxylic acid groups (broad SMARTS) is 1. The number of hydrogen-bond donors (Lipinski definition) is 1. The topological polar surface area (TPSA) is 63.6 Å². The van der Waals surface area contributed by atoms with E-state index in [1.807, 2.05) is 0 Å². The number of benzene rings is 2. The molecule has 0 heterocycles. The molecule has 1 atom stereocenters. The van der Waals surface area contributed by atoms with E-state index < -0.39 is 17.7 Å². The number of carbonyl (C=O) groups is 2. The van der Waals surface area contributed by atoms with Crippen LogP contribution in [0.2, 0.25) is 0 Å². The van der Waals surface area contributed by atoms with Crippen molar-refractivity contribution >= 4 is 11.9 Å². The molecular formula is C23H27FO4. The van der Waals surface area contributed by atoms with E-state index in [-0.39, 0.29) is 12.4 Å². The minimum absolute atomic E-state index is 0.136. The molecule has 0 bridgehead atoms. The summed E-state index contributed by atoms with van der Waals surface area (Å²) in [7, 11) is 0. The Morgan fingerprint density at radius 1 is 1.11 bits per heavy atom. The number of carbonyl (C=O) groups excluding carboxylic acids is 1. The first-order valence-electron chi connectivity index (χ1n) is 9.69. The van der Waals surface area contributed by atoms with Gasteiger partial charge >= 0.3 is 11.9 Å². The highest BCUT2D eigenvalue weighted by atomic mass is 19.1. The summed E-state index contributed by atoms with van der Waals surface area (Å²) in [6.45, 7) is 4.07. The number of esters is 1. The average Bonchev–Trinajstić information content (AvgIpc) is 2.67. The normalized spacial score (nSPS) is 11.8. The minimum atomic E-state index is -0.998. The van der Waals surface area contributed by atoms with Crippen molar-refractivity contribution in [2.75, 3.05) is 6.61 Å². The molecule has 1 unspecified atom stereocenters. The van der Waals surface area contributed by atoms with Gasteiger partial charge in [0.2, 0.25) is 0 Å². The van der Waals surface area contributed by atoms with Crippen LogP contribution in [0.1, 0.15) is 56.6 Å². The summed E-state index contributed by atoms with van der Waals surface area (Å²) < 4.78 is 19.8. The molecule has 0 saturated heterocycles. The van der Waals surface area contributed by atoms with Gasteiger partial charge in [-0.1, -0.05) is 62.6 Å². The molecule has 0 radical (unpaired) electrons. The standard InChI is InChI=1S/C23H27FO4/c1-3-4-5-6-12-28-22(25)14-17-8-7-9-19(13-17)20-11-10-18(15-21(20)24)16(2)23(26)27/h7-11,13,15-16H,3-6,12,14H2,1-2H3,(H,26,27). The number of halogens is 1. The number of aliphatic carboxylic acids is 1. The monoisotopic (exact) mass is 386 g/mol. The fourth-order valence-corrected chi connectivity index (χ4v) is 2.96. The Hall–Kier alpha value is -2.69. The Bertz CT molecular complexity index is 816. The van der Waals surface area contributed by atoms with Crippen LogP contribution < -0.4 is 0 Å². The minimum Gasteiger partial charge on any atom is -0.481 e. The first kappa shape index (κ1) is 21.6. The molecule has 2 rings (SSSR count). The molecule has 0 spiro atoms. The molecule has 2 aromatic carbocycles. The SMILES string of the molecule is CCCCCCOC(=O)Cc1cccc(-c2ccc(C(C)C(=O)O)cc2F)c1. The van der Waals surface area contributed by atoms with Gasteiger partial charge in [0.25, 0.3) is 0 Å². The molecule has 2 aromatic rings. The van der Waals surface area contributed by atoms with Crippen molar-refractivity contribution in [2.24, 2.45) is 0 Å². The molecule has 0 aliphatic rings. The zero-order valence-corrected chi connectivity index (χ0v) is 16.4. The van der Waals surface area contributed by atoms with E-state index >= 15 is 0 Å². The highest BCUT2D eigenvalue weighted by Gasteiger charge is 2.16. The van der Waals surface area contributed by atoms with Crippen molar-refractivity contribution in [3.8, 4) is 11.1 Å². The summed E-state index contributed by atoms with van der Waals surface area (Å²) in [5.74, 6) is -2.55. The van der Waals surface area contributed by atoms with Crippen LogP contribution in [0.3, 0.4) is 0 Å². The summed E-state index contributed by atoms with van der Waals surface area (Å²) in [6.07, 6.45) is 4.32. The number of carboxylic acids is 1. The Morgan fingerprint density at radius 2 is 1.89 bits per heavy atom. The van der Waals surface area contributed by atoms with Gasteiger partial charge in [0, 0.05) is 5.56 Å². The van der Waals surface area contributed by atoms with E-state index in [0.717, 1.165) is 31.2 Å². The second-order valence-electron chi connectivity index (χ2n) is 6.96. The molecule has 5 heteroatoms. The van der Waals surface area contributed by atoms with Gasteiger partial charge in [-0.25, -0.2) is 4.39 Å². The third-order valence-corrected chi connectivity index (χ3v) is 4.71. The molecule has 0 aromatic heterocycles. The van der Waals surface area contributed by atoms with E-state index in [1.54, 1.807) is 36.4 Å². The highest BCUT2D eigenvalue weighted by molar-refractivity contribution is 5.77. The summed E-state index contributed by atoms with van der Waals surface area (Å²) >= 11 is 0. The molecule has 4 nitrogen and oxygen atoms in total. The van der Waals surface area contributed by atoms with Gasteiger partial charge in [0.05, 0.1) is 18.9 Å². The van der Waals surface area contributed by atoms with E-state index in [0.29, 0.717) is 23.3 Å². The van der Waals surface area contributed by atoms with Gasteiger partial charge in [-0.15, -0.1) is 0 Å². The highest BCUT2D eigenvalue weighted by Crippen LogP contribution is 2.27. The van der Waals surface area contributed by atoms with Crippen LogP contribution in [0.4, 0.5) is 4.39 Å². The van der Waals surface area contributed by atoms with Crippen LogP contribution in [-0.4, -0.2) is 23.7 Å². The van der Waals surface area contributed by atoms with Gasteiger partial charge in [-0.05, 0) is 36.1 Å². The fraction of sp³-hybridized carbons (Fsp3) is 0.391. The van der Waals surface area contributed by atoms with E-state index in [2.05, 4.69) is 6.92 Å². The largest absolute Gasteiger partial charge is 0.481 e. The molecule has 0 fully saturated rings. The van der Waals surface area contributed by atoms with Gasteiger partial charge in [0.15, 0.2) is 0 Å². The first-order valence-corrected chi connectivity index (χ1v) is 9.69. The summed E-state index contributed by atoms with van der Waals surface area (Å²) in [4.78, 5) is 23.1. The molecule has 28 heavy (non-hydrogen) atoms. The number of ether oxygens (including phenoxy) is 1. The Kier molecular flexibility index (Phi) is 8.18. The quantitative estimate of drug-likeness (QED) is 0.442. The van der Waals surface area contributed by atoms with Crippen molar-refractivity contribution in [1.82, 2.24) is 0 Å². The van der Waals surface area contributed by atoms with Gasteiger partial charge in [-0.3, -0.25) is 9.59 Å². The summed E-state index contributed by atoms with van der Waals surface area (Å²) in [6, 6.07) is 11.6. The lowest BCUT2D eigenvalue weighted by molar-refractivity contribution is -0.143. The zero-order chi connectivity index (χ0) is 20.5. The molecule has 0 amide bonds. The average molecular weight is 386 g/mol. The fourth-order valence-electron chi connectivity index (χ4n) is 2.96. The second-order valence-corrected chi connectivity index (χ2v) is 6.96. The lowest BCUT2D eigenvalue weighted by Gasteiger charge is -2.11. The molecule has 0 aliphatic heterocycles. The van der Waals surface area contributed by atoms with Crippen molar-refractivity contribution in [1.29, 1.82) is 0 Å². The predicted octanol–water partition coefficient (Wildman–Crippen LogP) is 5.35. The third kappa shape index (κ3) is 6.19. The van der Waals surface area contributed by atoms with Crippen molar-refractivity contribution < 1.29 is 23.8 Å². The van der Waals surface area contributed by atoms with Crippen LogP contribution >= 0.6 is 0 Å². The molecular weight excluding hydrogens is 359 g/mol. The van der Waals surface area contributed by atoms with Gasteiger partial charge in [0.1, 0.15) is 5.82 Å². The second kappa shape index (κ2) is 10.6. The Labute approximate surface area is 165 Å². The Balaban J connectivity index is 2.04.